The van der Waals surface area contributed by atoms with Crippen LogP contribution in [0, 0.1) is 11.3 Å². The first-order chi connectivity index (χ1) is 6.94. The van der Waals surface area contributed by atoms with Gasteiger partial charge in [-0.3, -0.25) is 0 Å². The number of carboxylic acid groups (broad SMARTS) is 1. The van der Waals surface area contributed by atoms with E-state index in [1.54, 1.807) is 0 Å². The monoisotopic (exact) mass is 214 g/mol. The molecule has 0 amide bonds. The van der Waals surface area contributed by atoms with Crippen molar-refractivity contribution in [1.29, 1.82) is 0 Å². The van der Waals surface area contributed by atoms with Crippen LogP contribution in [0.3, 0.4) is 0 Å². The third-order valence-corrected chi connectivity index (χ3v) is 3.80. The van der Waals surface area contributed by atoms with Crippen LogP contribution in [-0.2, 0) is 9.53 Å². The zero-order chi connectivity index (χ0) is 11.5. The highest BCUT2D eigenvalue weighted by Gasteiger charge is 2.35. The Balaban J connectivity index is 2.45. The van der Waals surface area contributed by atoms with Gasteiger partial charge in [0.1, 0.15) is 6.61 Å². The van der Waals surface area contributed by atoms with E-state index < -0.39 is 5.97 Å². The summed E-state index contributed by atoms with van der Waals surface area (Å²) < 4.78 is 5.39. The van der Waals surface area contributed by atoms with Gasteiger partial charge in [-0.25, -0.2) is 4.79 Å². The van der Waals surface area contributed by atoms with Crippen molar-refractivity contribution >= 4 is 5.97 Å². The number of carbonyl (C=O) groups is 1. The van der Waals surface area contributed by atoms with Gasteiger partial charge in [-0.2, -0.15) is 0 Å². The van der Waals surface area contributed by atoms with E-state index in [0.717, 1.165) is 19.3 Å². The molecule has 0 aliphatic heterocycles. The smallest absolute Gasteiger partial charge is 0.329 e. The van der Waals surface area contributed by atoms with Crippen LogP contribution >= 0.6 is 0 Å². The lowest BCUT2D eigenvalue weighted by Crippen LogP contribution is -2.35. The van der Waals surface area contributed by atoms with E-state index in [-0.39, 0.29) is 12.7 Å². The Morgan fingerprint density at radius 2 is 2.27 bits per heavy atom. The summed E-state index contributed by atoms with van der Waals surface area (Å²) in [7, 11) is 0. The van der Waals surface area contributed by atoms with Gasteiger partial charge in [0.15, 0.2) is 0 Å². The third-order valence-electron chi connectivity index (χ3n) is 3.80. The Morgan fingerprint density at radius 1 is 1.60 bits per heavy atom. The molecule has 15 heavy (non-hydrogen) atoms. The number of carboxylic acids is 1. The summed E-state index contributed by atoms with van der Waals surface area (Å²) in [6.07, 6.45) is 4.53. The number of aliphatic carboxylic acids is 1. The molecule has 1 rings (SSSR count). The molecule has 1 N–H and O–H groups in total. The third kappa shape index (κ3) is 3.49. The van der Waals surface area contributed by atoms with Crippen molar-refractivity contribution in [2.75, 3.05) is 6.61 Å². The van der Waals surface area contributed by atoms with Crippen molar-refractivity contribution in [2.45, 2.75) is 52.6 Å². The maximum atomic E-state index is 10.4. The molecule has 0 heterocycles. The Labute approximate surface area is 91.8 Å². The van der Waals surface area contributed by atoms with Gasteiger partial charge in [0.05, 0.1) is 6.10 Å². The van der Waals surface area contributed by atoms with E-state index in [0.29, 0.717) is 11.3 Å². The van der Waals surface area contributed by atoms with Crippen molar-refractivity contribution in [2.24, 2.45) is 11.3 Å². The SMILES string of the molecule is CC(C)C1(C)CCCC(OCC(=O)O)C1. The molecule has 88 valence electrons. The summed E-state index contributed by atoms with van der Waals surface area (Å²) in [5.74, 6) is -0.236. The van der Waals surface area contributed by atoms with E-state index in [1.165, 1.54) is 6.42 Å². The number of hydrogen-bond donors (Lipinski definition) is 1. The largest absolute Gasteiger partial charge is 0.480 e. The molecule has 0 aromatic carbocycles. The van der Waals surface area contributed by atoms with Crippen molar-refractivity contribution in [3.63, 3.8) is 0 Å². The molecule has 2 unspecified atom stereocenters. The fourth-order valence-electron chi connectivity index (χ4n) is 2.31. The van der Waals surface area contributed by atoms with Crippen LogP contribution in [-0.4, -0.2) is 23.8 Å². The van der Waals surface area contributed by atoms with Crippen LogP contribution in [0.25, 0.3) is 0 Å². The lowest BCUT2D eigenvalue weighted by atomic mass is 9.67. The van der Waals surface area contributed by atoms with Gasteiger partial charge in [0, 0.05) is 0 Å². The first-order valence-electron chi connectivity index (χ1n) is 5.77. The predicted molar refractivity (Wildman–Crippen MR) is 58.8 cm³/mol. The van der Waals surface area contributed by atoms with Crippen molar-refractivity contribution in [3.8, 4) is 0 Å². The number of hydrogen-bond acceptors (Lipinski definition) is 2. The summed E-state index contributed by atoms with van der Waals surface area (Å²) in [4.78, 5) is 10.4. The van der Waals surface area contributed by atoms with E-state index in [1.807, 2.05) is 0 Å². The lowest BCUT2D eigenvalue weighted by Gasteiger charge is -2.41. The summed E-state index contributed by atoms with van der Waals surface area (Å²) in [6, 6.07) is 0. The Bertz CT molecular complexity index is 225. The van der Waals surface area contributed by atoms with Gasteiger partial charge in [-0.05, 0) is 30.6 Å². The summed E-state index contributed by atoms with van der Waals surface area (Å²) in [6.45, 7) is 6.60. The van der Waals surface area contributed by atoms with Crippen LogP contribution in [0.5, 0.6) is 0 Å². The minimum atomic E-state index is -0.869. The Kier molecular flexibility index (Phi) is 4.14. The molecule has 0 spiro atoms. The molecule has 3 nitrogen and oxygen atoms in total. The maximum absolute atomic E-state index is 10.4. The minimum absolute atomic E-state index is 0.141. The topological polar surface area (TPSA) is 46.5 Å². The molecule has 1 aliphatic carbocycles. The van der Waals surface area contributed by atoms with Crippen molar-refractivity contribution in [1.82, 2.24) is 0 Å². The summed E-state index contributed by atoms with van der Waals surface area (Å²) in [5, 5.41) is 8.56. The second-order valence-electron chi connectivity index (χ2n) is 5.23. The molecule has 1 saturated carbocycles. The average Bonchev–Trinajstić information content (AvgIpc) is 2.15. The Morgan fingerprint density at radius 3 is 2.80 bits per heavy atom. The molecule has 1 aliphatic rings. The first-order valence-corrected chi connectivity index (χ1v) is 5.77. The molecule has 0 aromatic rings. The summed E-state index contributed by atoms with van der Waals surface area (Å²) in [5.41, 5.74) is 0.321. The molecule has 0 saturated heterocycles. The van der Waals surface area contributed by atoms with Crippen LogP contribution in [0.4, 0.5) is 0 Å². The van der Waals surface area contributed by atoms with Crippen LogP contribution in [0.15, 0.2) is 0 Å². The van der Waals surface area contributed by atoms with E-state index >= 15 is 0 Å². The van der Waals surface area contributed by atoms with Crippen molar-refractivity contribution in [3.05, 3.63) is 0 Å². The van der Waals surface area contributed by atoms with Gasteiger partial charge in [0.25, 0.3) is 0 Å². The minimum Gasteiger partial charge on any atom is -0.480 e. The standard InChI is InChI=1S/C12H22O3/c1-9(2)12(3)6-4-5-10(7-12)15-8-11(13)14/h9-10H,4-8H2,1-3H3,(H,13,14). The predicted octanol–water partition coefficient (Wildman–Crippen LogP) is 2.69. The zero-order valence-corrected chi connectivity index (χ0v) is 9.95. The highest BCUT2D eigenvalue weighted by molar-refractivity contribution is 5.68. The first kappa shape index (κ1) is 12.5. The maximum Gasteiger partial charge on any atom is 0.329 e. The highest BCUT2D eigenvalue weighted by Crippen LogP contribution is 2.42. The molecule has 0 radical (unpaired) electrons. The van der Waals surface area contributed by atoms with E-state index in [2.05, 4.69) is 20.8 Å². The number of rotatable bonds is 4. The quantitative estimate of drug-likeness (QED) is 0.782. The fourth-order valence-corrected chi connectivity index (χ4v) is 2.31. The van der Waals surface area contributed by atoms with E-state index in [9.17, 15) is 4.79 Å². The second kappa shape index (κ2) is 4.97. The Hall–Kier alpha value is -0.570. The van der Waals surface area contributed by atoms with Crippen LogP contribution in [0.2, 0.25) is 0 Å². The van der Waals surface area contributed by atoms with Gasteiger partial charge >= 0.3 is 5.97 Å². The molecule has 2 atom stereocenters. The lowest BCUT2D eigenvalue weighted by molar-refractivity contribution is -0.146. The normalized spacial score (nSPS) is 31.9. The van der Waals surface area contributed by atoms with Crippen LogP contribution in [0.1, 0.15) is 46.5 Å². The summed E-state index contributed by atoms with van der Waals surface area (Å²) >= 11 is 0. The van der Waals surface area contributed by atoms with Gasteiger partial charge in [0.2, 0.25) is 0 Å². The molecule has 0 bridgehead atoms. The van der Waals surface area contributed by atoms with Crippen LogP contribution < -0.4 is 0 Å². The molecule has 3 heteroatoms. The van der Waals surface area contributed by atoms with Gasteiger partial charge in [-0.1, -0.05) is 27.2 Å². The highest BCUT2D eigenvalue weighted by atomic mass is 16.5. The van der Waals surface area contributed by atoms with E-state index in [4.69, 9.17) is 9.84 Å². The zero-order valence-electron chi connectivity index (χ0n) is 9.95. The molecule has 1 fully saturated rings. The fraction of sp³-hybridized carbons (Fsp3) is 0.917. The second-order valence-corrected chi connectivity index (χ2v) is 5.23. The molecule has 0 aromatic heterocycles. The molecular weight excluding hydrogens is 192 g/mol. The van der Waals surface area contributed by atoms with Gasteiger partial charge in [-0.15, -0.1) is 0 Å². The van der Waals surface area contributed by atoms with Gasteiger partial charge < -0.3 is 9.84 Å². The number of ether oxygens (including phenoxy) is 1. The molecular formula is C12H22O3. The average molecular weight is 214 g/mol. The van der Waals surface area contributed by atoms with Crippen molar-refractivity contribution < 1.29 is 14.6 Å².